The number of aromatic nitrogens is 2. The Morgan fingerprint density at radius 3 is 2.50 bits per heavy atom. The molecule has 3 fully saturated rings. The van der Waals surface area contributed by atoms with E-state index in [0.717, 1.165) is 25.7 Å². The average molecular weight is 360 g/mol. The number of anilines is 1. The third-order valence-electron chi connectivity index (χ3n) is 5.69. The van der Waals surface area contributed by atoms with Crippen molar-refractivity contribution in [3.05, 3.63) is 18.0 Å². The standard InChI is InChI=1S/C19H28N4O3/c24-17(23-11-8-19(9-12-23)25-13-14-26-19)16-7-10-20-18(22-16)21-15-5-3-1-2-4-6-15/h7,10,15H,1-6,8-9,11-14H2,(H,20,21,22). The van der Waals surface area contributed by atoms with Gasteiger partial charge in [-0.2, -0.15) is 0 Å². The summed E-state index contributed by atoms with van der Waals surface area (Å²) in [6.07, 6.45) is 10.5. The second-order valence-electron chi connectivity index (χ2n) is 7.50. The molecule has 3 heterocycles. The third kappa shape index (κ3) is 3.99. The van der Waals surface area contributed by atoms with Crippen LogP contribution < -0.4 is 5.32 Å². The minimum Gasteiger partial charge on any atom is -0.351 e. The van der Waals surface area contributed by atoms with E-state index >= 15 is 0 Å². The number of ether oxygens (including phenoxy) is 2. The molecule has 1 aromatic rings. The van der Waals surface area contributed by atoms with Crippen molar-refractivity contribution < 1.29 is 14.3 Å². The number of likely N-dealkylation sites (tertiary alicyclic amines) is 1. The second kappa shape index (κ2) is 7.88. The van der Waals surface area contributed by atoms with Crippen LogP contribution in [0.15, 0.2) is 12.3 Å². The van der Waals surface area contributed by atoms with Crippen molar-refractivity contribution in [1.82, 2.24) is 14.9 Å². The first-order chi connectivity index (χ1) is 12.7. The molecule has 7 nitrogen and oxygen atoms in total. The lowest BCUT2D eigenvalue weighted by Crippen LogP contribution is -2.47. The number of hydrogen-bond acceptors (Lipinski definition) is 6. The Bertz CT molecular complexity index is 615. The lowest BCUT2D eigenvalue weighted by atomic mass is 10.0. The van der Waals surface area contributed by atoms with Crippen LogP contribution in [0, 0.1) is 0 Å². The quantitative estimate of drug-likeness (QED) is 0.835. The molecule has 1 spiro atoms. The Balaban J connectivity index is 1.37. The third-order valence-corrected chi connectivity index (χ3v) is 5.69. The number of carbonyl (C=O) groups is 1. The van der Waals surface area contributed by atoms with Crippen molar-refractivity contribution in [3.8, 4) is 0 Å². The van der Waals surface area contributed by atoms with E-state index < -0.39 is 5.79 Å². The van der Waals surface area contributed by atoms with Crippen LogP contribution in [0.2, 0.25) is 0 Å². The van der Waals surface area contributed by atoms with E-state index in [0.29, 0.717) is 44.0 Å². The monoisotopic (exact) mass is 360 g/mol. The van der Waals surface area contributed by atoms with E-state index in [1.54, 1.807) is 12.3 Å². The molecule has 4 rings (SSSR count). The number of hydrogen-bond donors (Lipinski definition) is 1. The van der Waals surface area contributed by atoms with Gasteiger partial charge in [0.2, 0.25) is 5.95 Å². The number of rotatable bonds is 3. The van der Waals surface area contributed by atoms with Crippen molar-refractivity contribution in [1.29, 1.82) is 0 Å². The van der Waals surface area contributed by atoms with E-state index in [-0.39, 0.29) is 5.91 Å². The molecule has 1 aromatic heterocycles. The highest BCUT2D eigenvalue weighted by atomic mass is 16.7. The maximum atomic E-state index is 12.8. The van der Waals surface area contributed by atoms with E-state index in [4.69, 9.17) is 9.47 Å². The highest BCUT2D eigenvalue weighted by Gasteiger charge is 2.41. The van der Waals surface area contributed by atoms with Crippen LogP contribution >= 0.6 is 0 Å². The zero-order chi connectivity index (χ0) is 17.8. The van der Waals surface area contributed by atoms with Crippen LogP contribution in [0.5, 0.6) is 0 Å². The van der Waals surface area contributed by atoms with Gasteiger partial charge in [0.15, 0.2) is 5.79 Å². The second-order valence-corrected chi connectivity index (χ2v) is 7.50. The van der Waals surface area contributed by atoms with Gasteiger partial charge in [-0.25, -0.2) is 9.97 Å². The zero-order valence-corrected chi connectivity index (χ0v) is 15.3. The maximum absolute atomic E-state index is 12.8. The van der Waals surface area contributed by atoms with Gasteiger partial charge in [-0.3, -0.25) is 4.79 Å². The molecule has 0 unspecified atom stereocenters. The van der Waals surface area contributed by atoms with Gasteiger partial charge in [-0.1, -0.05) is 25.7 Å². The fourth-order valence-corrected chi connectivity index (χ4v) is 4.15. The van der Waals surface area contributed by atoms with Crippen LogP contribution in [0.4, 0.5) is 5.95 Å². The SMILES string of the molecule is O=C(c1ccnc(NC2CCCCCC2)n1)N1CCC2(CC1)OCCO2. The normalized spacial score (nSPS) is 23.8. The highest BCUT2D eigenvalue weighted by molar-refractivity contribution is 5.92. The Hall–Kier alpha value is -1.73. The van der Waals surface area contributed by atoms with Gasteiger partial charge in [-0.05, 0) is 18.9 Å². The van der Waals surface area contributed by atoms with Crippen LogP contribution in [0.3, 0.4) is 0 Å². The minimum atomic E-state index is -0.464. The highest BCUT2D eigenvalue weighted by Crippen LogP contribution is 2.31. The van der Waals surface area contributed by atoms with Gasteiger partial charge in [0.05, 0.1) is 13.2 Å². The van der Waals surface area contributed by atoms with Gasteiger partial charge >= 0.3 is 0 Å². The predicted octanol–water partition coefficient (Wildman–Crippen LogP) is 2.59. The van der Waals surface area contributed by atoms with Crippen LogP contribution in [-0.2, 0) is 9.47 Å². The number of amides is 1. The van der Waals surface area contributed by atoms with Gasteiger partial charge < -0.3 is 19.7 Å². The average Bonchev–Trinajstić information content (AvgIpc) is 2.96. The summed E-state index contributed by atoms with van der Waals surface area (Å²) in [6, 6.07) is 2.11. The van der Waals surface area contributed by atoms with E-state index in [2.05, 4.69) is 15.3 Å². The number of carbonyl (C=O) groups excluding carboxylic acids is 1. The summed E-state index contributed by atoms with van der Waals surface area (Å²) >= 11 is 0. The largest absolute Gasteiger partial charge is 0.351 e. The summed E-state index contributed by atoms with van der Waals surface area (Å²) in [5, 5.41) is 3.43. The number of nitrogens with one attached hydrogen (secondary N) is 1. The fourth-order valence-electron chi connectivity index (χ4n) is 4.15. The molecule has 3 aliphatic rings. The van der Waals surface area contributed by atoms with Crippen LogP contribution in [-0.4, -0.2) is 58.9 Å². The molecule has 2 saturated heterocycles. The van der Waals surface area contributed by atoms with Gasteiger partial charge in [0.25, 0.3) is 5.91 Å². The molecular weight excluding hydrogens is 332 g/mol. The summed E-state index contributed by atoms with van der Waals surface area (Å²) in [4.78, 5) is 23.5. The molecule has 1 amide bonds. The number of piperidine rings is 1. The maximum Gasteiger partial charge on any atom is 0.272 e. The van der Waals surface area contributed by atoms with Crippen molar-refractivity contribution in [3.63, 3.8) is 0 Å². The Morgan fingerprint density at radius 2 is 1.81 bits per heavy atom. The van der Waals surface area contributed by atoms with E-state index in [9.17, 15) is 4.79 Å². The summed E-state index contributed by atoms with van der Waals surface area (Å²) in [7, 11) is 0. The molecule has 26 heavy (non-hydrogen) atoms. The summed E-state index contributed by atoms with van der Waals surface area (Å²) in [5.41, 5.74) is 0.459. The topological polar surface area (TPSA) is 76.6 Å². The van der Waals surface area contributed by atoms with Crippen molar-refractivity contribution in [2.75, 3.05) is 31.6 Å². The molecule has 1 aliphatic carbocycles. The van der Waals surface area contributed by atoms with E-state index in [1.165, 1.54) is 25.7 Å². The van der Waals surface area contributed by atoms with Gasteiger partial charge in [0.1, 0.15) is 5.69 Å². The molecule has 1 N–H and O–H groups in total. The summed E-state index contributed by atoms with van der Waals surface area (Å²) in [6.45, 7) is 2.56. The van der Waals surface area contributed by atoms with Gasteiger partial charge in [0, 0.05) is 38.2 Å². The molecule has 7 heteroatoms. The molecule has 2 aliphatic heterocycles. The molecular formula is C19H28N4O3. The Kier molecular flexibility index (Phi) is 5.36. The Morgan fingerprint density at radius 1 is 1.12 bits per heavy atom. The fraction of sp³-hybridized carbons (Fsp3) is 0.737. The number of nitrogens with zero attached hydrogens (tertiary/aromatic N) is 3. The predicted molar refractivity (Wildman–Crippen MR) is 96.9 cm³/mol. The molecule has 0 radical (unpaired) electrons. The van der Waals surface area contributed by atoms with E-state index in [1.807, 2.05) is 4.90 Å². The lowest BCUT2D eigenvalue weighted by Gasteiger charge is -2.37. The first kappa shape index (κ1) is 17.7. The van der Waals surface area contributed by atoms with Crippen molar-refractivity contribution >= 4 is 11.9 Å². The van der Waals surface area contributed by atoms with Crippen LogP contribution in [0.25, 0.3) is 0 Å². The smallest absolute Gasteiger partial charge is 0.272 e. The molecule has 142 valence electrons. The molecule has 1 saturated carbocycles. The Labute approximate surface area is 154 Å². The molecule has 0 bridgehead atoms. The summed E-state index contributed by atoms with van der Waals surface area (Å²) in [5.74, 6) is 0.0668. The van der Waals surface area contributed by atoms with Crippen molar-refractivity contribution in [2.24, 2.45) is 0 Å². The molecule has 0 atom stereocenters. The molecule has 0 aromatic carbocycles. The lowest BCUT2D eigenvalue weighted by molar-refractivity contribution is -0.181. The first-order valence-corrected chi connectivity index (χ1v) is 9.91. The van der Waals surface area contributed by atoms with Crippen molar-refractivity contribution in [2.45, 2.75) is 63.2 Å². The minimum absolute atomic E-state index is 0.0378. The zero-order valence-electron chi connectivity index (χ0n) is 15.3. The first-order valence-electron chi connectivity index (χ1n) is 9.91. The van der Waals surface area contributed by atoms with Crippen LogP contribution in [0.1, 0.15) is 61.9 Å². The van der Waals surface area contributed by atoms with Gasteiger partial charge in [-0.15, -0.1) is 0 Å². The summed E-state index contributed by atoms with van der Waals surface area (Å²) < 4.78 is 11.5.